The maximum Gasteiger partial charge on any atom is 0.272 e. The summed E-state index contributed by atoms with van der Waals surface area (Å²) in [6, 6.07) is 14.6. The first-order chi connectivity index (χ1) is 14.5. The van der Waals surface area contributed by atoms with Crippen LogP contribution in [0.15, 0.2) is 59.5 Å². The van der Waals surface area contributed by atoms with E-state index in [2.05, 4.69) is 15.5 Å². The fourth-order valence-corrected chi connectivity index (χ4v) is 3.59. The van der Waals surface area contributed by atoms with Crippen LogP contribution in [0.5, 0.6) is 0 Å². The molecule has 8 heteroatoms. The van der Waals surface area contributed by atoms with Gasteiger partial charge >= 0.3 is 0 Å². The van der Waals surface area contributed by atoms with E-state index < -0.39 is 0 Å². The Morgan fingerprint density at radius 3 is 2.83 bits per heavy atom. The molecule has 1 amide bonds. The second kappa shape index (κ2) is 8.14. The first-order valence-corrected chi connectivity index (χ1v) is 9.73. The van der Waals surface area contributed by atoms with Gasteiger partial charge in [-0.1, -0.05) is 29.8 Å². The molecule has 0 fully saturated rings. The number of H-pyrrole nitrogens is 1. The van der Waals surface area contributed by atoms with E-state index in [-0.39, 0.29) is 30.3 Å². The molecular formula is C22H19ClN4O3. The van der Waals surface area contributed by atoms with Crippen molar-refractivity contribution in [2.24, 2.45) is 0 Å². The number of carbonyl (C=O) groups is 1. The molecular weight excluding hydrogens is 404 g/mol. The number of aliphatic hydroxyl groups excluding tert-OH is 1. The lowest BCUT2D eigenvalue weighted by atomic mass is 10.0. The fraction of sp³-hybridized carbons (Fsp3) is 0.136. The number of rotatable bonds is 5. The molecule has 2 aromatic heterocycles. The predicted molar refractivity (Wildman–Crippen MR) is 116 cm³/mol. The molecule has 3 N–H and O–H groups in total. The molecule has 0 saturated carbocycles. The average molecular weight is 423 g/mol. The Labute approximate surface area is 176 Å². The lowest BCUT2D eigenvalue weighted by Gasteiger charge is -2.10. The van der Waals surface area contributed by atoms with Gasteiger partial charge in [-0.05, 0) is 42.8 Å². The van der Waals surface area contributed by atoms with E-state index in [0.717, 1.165) is 11.1 Å². The van der Waals surface area contributed by atoms with Crippen molar-refractivity contribution in [2.45, 2.75) is 6.92 Å². The molecule has 0 bridgehead atoms. The van der Waals surface area contributed by atoms with E-state index in [1.165, 1.54) is 0 Å². The van der Waals surface area contributed by atoms with Crippen LogP contribution in [0.4, 0.5) is 0 Å². The Bertz CT molecular complexity index is 1310. The fourth-order valence-electron chi connectivity index (χ4n) is 3.31. The molecule has 152 valence electrons. The third kappa shape index (κ3) is 3.60. The molecule has 4 rings (SSSR count). The molecule has 0 radical (unpaired) electrons. The number of aromatic nitrogens is 3. The van der Waals surface area contributed by atoms with E-state index >= 15 is 0 Å². The summed E-state index contributed by atoms with van der Waals surface area (Å²) < 4.78 is 1.56. The van der Waals surface area contributed by atoms with Crippen LogP contribution in [0.2, 0.25) is 5.02 Å². The third-order valence-electron chi connectivity index (χ3n) is 4.85. The van der Waals surface area contributed by atoms with Gasteiger partial charge < -0.3 is 10.4 Å². The smallest absolute Gasteiger partial charge is 0.272 e. The van der Waals surface area contributed by atoms with Crippen molar-refractivity contribution in [1.82, 2.24) is 20.1 Å². The number of hydrogen-bond donors (Lipinski definition) is 3. The molecule has 4 aromatic rings. The van der Waals surface area contributed by atoms with E-state index in [1.54, 1.807) is 35.9 Å². The van der Waals surface area contributed by atoms with Gasteiger partial charge in [-0.15, -0.1) is 0 Å². The van der Waals surface area contributed by atoms with Crippen molar-refractivity contribution in [2.75, 3.05) is 13.2 Å². The zero-order chi connectivity index (χ0) is 21.3. The number of nitrogens with zero attached hydrogens (tertiary/aromatic N) is 2. The predicted octanol–water partition coefficient (Wildman–Crippen LogP) is 3.06. The Kier molecular flexibility index (Phi) is 5.39. The standard InChI is InChI=1S/C22H19ClN4O3/c1-13-3-2-9-27(22(13)30)15-5-7-16(18(23)12-15)14-4-6-17-19(11-14)25-26-20(17)21(29)24-8-10-28/h2-7,9,11-12,28H,8,10H2,1H3,(H,24,29)(H,25,26). The van der Waals surface area contributed by atoms with Crippen molar-refractivity contribution in [1.29, 1.82) is 0 Å². The molecule has 0 spiro atoms. The van der Waals surface area contributed by atoms with Gasteiger partial charge in [-0.2, -0.15) is 5.10 Å². The van der Waals surface area contributed by atoms with E-state index in [4.69, 9.17) is 16.7 Å². The molecule has 2 aromatic carbocycles. The van der Waals surface area contributed by atoms with Gasteiger partial charge in [-0.3, -0.25) is 19.3 Å². The lowest BCUT2D eigenvalue weighted by Crippen LogP contribution is -2.26. The largest absolute Gasteiger partial charge is 0.395 e. The van der Waals surface area contributed by atoms with Crippen molar-refractivity contribution in [3.63, 3.8) is 0 Å². The zero-order valence-corrected chi connectivity index (χ0v) is 16.9. The number of hydrogen-bond acceptors (Lipinski definition) is 4. The first kappa shape index (κ1) is 19.9. The molecule has 0 aliphatic rings. The summed E-state index contributed by atoms with van der Waals surface area (Å²) in [5, 5.41) is 19.6. The van der Waals surface area contributed by atoms with Crippen LogP contribution in [-0.2, 0) is 0 Å². The number of aliphatic hydroxyl groups is 1. The number of carbonyl (C=O) groups excluding carboxylic acids is 1. The summed E-state index contributed by atoms with van der Waals surface area (Å²) >= 11 is 6.54. The van der Waals surface area contributed by atoms with Gasteiger partial charge in [0, 0.05) is 29.3 Å². The molecule has 0 aliphatic heterocycles. The van der Waals surface area contributed by atoms with Gasteiger partial charge in [0.05, 0.1) is 22.8 Å². The number of amides is 1. The summed E-state index contributed by atoms with van der Waals surface area (Å²) in [4.78, 5) is 24.5. The van der Waals surface area contributed by atoms with Gasteiger partial charge in [-0.25, -0.2) is 0 Å². The summed E-state index contributed by atoms with van der Waals surface area (Å²) in [7, 11) is 0. The SMILES string of the molecule is Cc1cccn(-c2ccc(-c3ccc4c(C(=O)NCCO)n[nH]c4c3)c(Cl)c2)c1=O. The second-order valence-electron chi connectivity index (χ2n) is 6.84. The highest BCUT2D eigenvalue weighted by Gasteiger charge is 2.15. The number of aromatic amines is 1. The minimum absolute atomic E-state index is 0.0906. The number of aryl methyl sites for hydroxylation is 1. The van der Waals surface area contributed by atoms with Crippen LogP contribution >= 0.6 is 11.6 Å². The number of halogens is 1. The van der Waals surface area contributed by atoms with Crippen molar-refractivity contribution in [3.8, 4) is 16.8 Å². The van der Waals surface area contributed by atoms with Gasteiger partial charge in [0.15, 0.2) is 5.69 Å². The normalized spacial score (nSPS) is 11.0. The zero-order valence-electron chi connectivity index (χ0n) is 16.1. The van der Waals surface area contributed by atoms with Gasteiger partial charge in [0.1, 0.15) is 0 Å². The summed E-state index contributed by atoms with van der Waals surface area (Å²) in [5.41, 5.74) is 3.85. The molecule has 0 aliphatic carbocycles. The van der Waals surface area contributed by atoms with E-state index in [9.17, 15) is 9.59 Å². The highest BCUT2D eigenvalue weighted by Crippen LogP contribution is 2.32. The quantitative estimate of drug-likeness (QED) is 0.460. The summed E-state index contributed by atoms with van der Waals surface area (Å²) in [6.45, 7) is 1.80. The molecule has 0 saturated heterocycles. The van der Waals surface area contributed by atoms with Gasteiger partial charge in [0.25, 0.3) is 11.5 Å². The van der Waals surface area contributed by atoms with Crippen LogP contribution in [0, 0.1) is 6.92 Å². The molecule has 30 heavy (non-hydrogen) atoms. The maximum atomic E-state index is 12.4. The molecule has 0 unspecified atom stereocenters. The third-order valence-corrected chi connectivity index (χ3v) is 5.17. The Morgan fingerprint density at radius 1 is 1.23 bits per heavy atom. The Balaban J connectivity index is 1.70. The van der Waals surface area contributed by atoms with Gasteiger partial charge in [0.2, 0.25) is 0 Å². The Hall–Kier alpha value is -3.42. The van der Waals surface area contributed by atoms with Crippen LogP contribution in [0.1, 0.15) is 16.1 Å². The van der Waals surface area contributed by atoms with Crippen molar-refractivity contribution < 1.29 is 9.90 Å². The second-order valence-corrected chi connectivity index (χ2v) is 7.25. The summed E-state index contributed by atoms with van der Waals surface area (Å²) in [5.74, 6) is -0.353. The van der Waals surface area contributed by atoms with Crippen LogP contribution in [-0.4, -0.2) is 38.9 Å². The van der Waals surface area contributed by atoms with Crippen LogP contribution in [0.3, 0.4) is 0 Å². The summed E-state index contributed by atoms with van der Waals surface area (Å²) in [6.07, 6.45) is 1.71. The van der Waals surface area contributed by atoms with Crippen LogP contribution in [0.25, 0.3) is 27.7 Å². The molecule has 0 atom stereocenters. The maximum absolute atomic E-state index is 12.4. The molecule has 7 nitrogen and oxygen atoms in total. The average Bonchev–Trinajstić information content (AvgIpc) is 3.17. The number of benzene rings is 2. The number of fused-ring (bicyclic) bond motifs is 1. The monoisotopic (exact) mass is 422 g/mol. The highest BCUT2D eigenvalue weighted by molar-refractivity contribution is 6.33. The number of nitrogens with one attached hydrogen (secondary N) is 2. The van der Waals surface area contributed by atoms with Crippen LogP contribution < -0.4 is 10.9 Å². The number of pyridine rings is 1. The minimum atomic E-state index is -0.353. The van der Waals surface area contributed by atoms with E-state index in [0.29, 0.717) is 27.2 Å². The van der Waals surface area contributed by atoms with E-state index in [1.807, 2.05) is 30.3 Å². The minimum Gasteiger partial charge on any atom is -0.395 e. The highest BCUT2D eigenvalue weighted by atomic mass is 35.5. The topological polar surface area (TPSA) is 100 Å². The lowest BCUT2D eigenvalue weighted by molar-refractivity contribution is 0.0941. The van der Waals surface area contributed by atoms with Crippen molar-refractivity contribution >= 4 is 28.4 Å². The van der Waals surface area contributed by atoms with Crippen molar-refractivity contribution in [3.05, 3.63) is 81.4 Å². The molecule has 2 heterocycles. The first-order valence-electron chi connectivity index (χ1n) is 9.35. The Morgan fingerprint density at radius 2 is 2.07 bits per heavy atom.